The molecule has 0 unspecified atom stereocenters. The molecule has 0 spiro atoms. The molecule has 3 aliphatic rings. The number of piperidine rings is 3. The summed E-state index contributed by atoms with van der Waals surface area (Å²) >= 11 is 6.28. The summed E-state index contributed by atoms with van der Waals surface area (Å²) in [5.41, 5.74) is 2.22. The number of aromatic nitrogens is 2. The summed E-state index contributed by atoms with van der Waals surface area (Å²) in [6, 6.07) is 4.13. The molecule has 3 aliphatic heterocycles. The second-order valence-electron chi connectivity index (χ2n) is 7.28. The van der Waals surface area contributed by atoms with Gasteiger partial charge < -0.3 is 39.6 Å². The fourth-order valence-electron chi connectivity index (χ4n) is 4.06. The van der Waals surface area contributed by atoms with E-state index >= 15 is 0 Å². The number of amides is 1. The Hall–Kier alpha value is -1.01. The standard InChI is InChI=1S/C18H23ClN4O.2ClH/c1-11(2)23-10-20-17-14(7-13(19)8-16(17)23)18(24)21-15-9-22-5-3-12(15)4-6-22;;/h7-8,10-12,15H,3-6,9H2,1-2H3,(H,21,24);2*1H/p-2/t15-;;/m0../s1. The number of nitrogens with one attached hydrogen (secondary N) is 1. The van der Waals surface area contributed by atoms with Gasteiger partial charge in [0.1, 0.15) is 5.52 Å². The lowest BCUT2D eigenvalue weighted by Gasteiger charge is -2.44. The fraction of sp³-hybridized carbons (Fsp3) is 0.556. The van der Waals surface area contributed by atoms with Crippen LogP contribution in [0.2, 0.25) is 5.02 Å². The van der Waals surface area contributed by atoms with Gasteiger partial charge in [-0.15, -0.1) is 0 Å². The van der Waals surface area contributed by atoms with Crippen molar-refractivity contribution in [2.45, 2.75) is 38.8 Å². The molecule has 2 aromatic rings. The van der Waals surface area contributed by atoms with E-state index in [9.17, 15) is 4.79 Å². The number of hydrogen-bond acceptors (Lipinski definition) is 3. The molecule has 1 aromatic heterocycles. The summed E-state index contributed by atoms with van der Waals surface area (Å²) in [4.78, 5) is 19.8. The number of carbonyl (C=O) groups excluding carboxylic acids is 1. The van der Waals surface area contributed by atoms with Gasteiger partial charge in [0.25, 0.3) is 5.91 Å². The molecule has 1 atom stereocenters. The van der Waals surface area contributed by atoms with Crippen molar-refractivity contribution in [3.05, 3.63) is 29.0 Å². The molecule has 0 saturated carbocycles. The van der Waals surface area contributed by atoms with Gasteiger partial charge in [-0.1, -0.05) is 11.6 Å². The minimum Gasteiger partial charge on any atom is -1.00 e. The summed E-state index contributed by atoms with van der Waals surface area (Å²) in [6.07, 6.45) is 4.15. The van der Waals surface area contributed by atoms with Crippen LogP contribution in [0.4, 0.5) is 0 Å². The maximum atomic E-state index is 12.9. The molecular weight excluding hydrogens is 395 g/mol. The zero-order valence-corrected chi connectivity index (χ0v) is 17.2. The Kier molecular flexibility index (Phi) is 6.83. The molecule has 0 aliphatic carbocycles. The second-order valence-corrected chi connectivity index (χ2v) is 7.72. The van der Waals surface area contributed by atoms with Crippen LogP contribution < -0.4 is 30.1 Å². The molecule has 26 heavy (non-hydrogen) atoms. The predicted octanol–water partition coefficient (Wildman–Crippen LogP) is -2.90. The molecule has 4 heterocycles. The molecule has 5 rings (SSSR count). The maximum Gasteiger partial charge on any atom is 0.253 e. The number of imidazole rings is 1. The van der Waals surface area contributed by atoms with Gasteiger partial charge in [0.05, 0.1) is 17.4 Å². The minimum atomic E-state index is -0.0599. The summed E-state index contributed by atoms with van der Waals surface area (Å²) in [5, 5.41) is 3.81. The third-order valence-electron chi connectivity index (χ3n) is 5.42. The van der Waals surface area contributed by atoms with Crippen molar-refractivity contribution >= 4 is 28.5 Å². The van der Waals surface area contributed by atoms with Crippen molar-refractivity contribution < 1.29 is 29.6 Å². The Morgan fingerprint density at radius 1 is 1.27 bits per heavy atom. The zero-order chi connectivity index (χ0) is 16.8. The van der Waals surface area contributed by atoms with Crippen molar-refractivity contribution in [2.24, 2.45) is 5.92 Å². The normalized spacial score (nSPS) is 24.2. The average molecular weight is 418 g/mol. The molecule has 2 bridgehead atoms. The van der Waals surface area contributed by atoms with Gasteiger partial charge in [0.15, 0.2) is 0 Å². The smallest absolute Gasteiger partial charge is 0.253 e. The molecule has 8 heteroatoms. The highest BCUT2D eigenvalue weighted by molar-refractivity contribution is 6.32. The van der Waals surface area contributed by atoms with E-state index in [1.165, 1.54) is 12.8 Å². The molecule has 5 nitrogen and oxygen atoms in total. The number of hydrogen-bond donors (Lipinski definition) is 1. The van der Waals surface area contributed by atoms with Crippen molar-refractivity contribution in [3.63, 3.8) is 0 Å². The van der Waals surface area contributed by atoms with Gasteiger partial charge >= 0.3 is 0 Å². The van der Waals surface area contributed by atoms with E-state index in [4.69, 9.17) is 11.6 Å². The Labute approximate surface area is 171 Å². The minimum absolute atomic E-state index is 0. The van der Waals surface area contributed by atoms with Gasteiger partial charge in [-0.25, -0.2) is 4.98 Å². The monoisotopic (exact) mass is 416 g/mol. The van der Waals surface area contributed by atoms with Crippen LogP contribution in [-0.4, -0.2) is 46.0 Å². The first-order valence-electron chi connectivity index (χ1n) is 8.72. The molecule has 3 saturated heterocycles. The van der Waals surface area contributed by atoms with Crippen molar-refractivity contribution in [2.75, 3.05) is 19.6 Å². The number of rotatable bonds is 3. The lowest BCUT2D eigenvalue weighted by molar-refractivity contribution is -0.001000. The highest BCUT2D eigenvalue weighted by Gasteiger charge is 2.35. The topological polar surface area (TPSA) is 50.2 Å². The Bertz CT molecular complexity index is 784. The number of nitrogens with zero attached hydrogens (tertiary/aromatic N) is 3. The zero-order valence-electron chi connectivity index (χ0n) is 14.9. The summed E-state index contributed by atoms with van der Waals surface area (Å²) < 4.78 is 2.05. The van der Waals surface area contributed by atoms with Crippen molar-refractivity contribution in [1.82, 2.24) is 19.8 Å². The van der Waals surface area contributed by atoms with Crippen LogP contribution in [0.5, 0.6) is 0 Å². The van der Waals surface area contributed by atoms with E-state index in [1.807, 2.05) is 10.6 Å². The van der Waals surface area contributed by atoms with Crippen LogP contribution in [-0.2, 0) is 0 Å². The first-order chi connectivity index (χ1) is 11.5. The first-order valence-corrected chi connectivity index (χ1v) is 9.10. The highest BCUT2D eigenvalue weighted by atomic mass is 35.5. The maximum absolute atomic E-state index is 12.9. The van der Waals surface area contributed by atoms with E-state index in [1.54, 1.807) is 12.4 Å². The Morgan fingerprint density at radius 2 is 1.96 bits per heavy atom. The van der Waals surface area contributed by atoms with Gasteiger partial charge in [-0.2, -0.15) is 0 Å². The second kappa shape index (κ2) is 8.34. The van der Waals surface area contributed by atoms with Crippen molar-refractivity contribution in [1.29, 1.82) is 0 Å². The van der Waals surface area contributed by atoms with E-state index in [0.29, 0.717) is 16.5 Å². The number of fused-ring (bicyclic) bond motifs is 4. The molecule has 1 N–H and O–H groups in total. The van der Waals surface area contributed by atoms with Crippen LogP contribution in [0.15, 0.2) is 18.5 Å². The average Bonchev–Trinajstić information content (AvgIpc) is 2.99. The first kappa shape index (κ1) is 21.3. The Balaban J connectivity index is 0.00000121. The molecule has 144 valence electrons. The number of benzene rings is 1. The molecule has 1 aromatic carbocycles. The van der Waals surface area contributed by atoms with Crippen LogP contribution in [0, 0.1) is 5.92 Å². The lowest BCUT2D eigenvalue weighted by atomic mass is 9.84. The van der Waals surface area contributed by atoms with Crippen LogP contribution in [0.1, 0.15) is 43.1 Å². The third kappa shape index (κ3) is 3.81. The van der Waals surface area contributed by atoms with Gasteiger partial charge in [-0.3, -0.25) is 4.79 Å². The van der Waals surface area contributed by atoms with Gasteiger partial charge in [0.2, 0.25) is 0 Å². The molecule has 3 fully saturated rings. The van der Waals surface area contributed by atoms with Crippen molar-refractivity contribution in [3.8, 4) is 0 Å². The SMILES string of the molecule is CC(C)n1cnc2c(C(=O)N[C@H]3CN4CCC3CC4)cc(Cl)cc21.[Cl-].[Cl-]. The van der Waals surface area contributed by atoms with Gasteiger partial charge in [-0.05, 0) is 57.8 Å². The fourth-order valence-corrected chi connectivity index (χ4v) is 4.27. The van der Waals surface area contributed by atoms with E-state index in [-0.39, 0.29) is 42.8 Å². The summed E-state index contributed by atoms with van der Waals surface area (Å²) in [6.45, 7) is 7.47. The Morgan fingerprint density at radius 3 is 2.54 bits per heavy atom. The van der Waals surface area contributed by atoms with E-state index < -0.39 is 0 Å². The molecule has 1 amide bonds. The third-order valence-corrected chi connectivity index (χ3v) is 5.64. The quantitative estimate of drug-likeness (QED) is 0.583. The van der Waals surface area contributed by atoms with E-state index in [0.717, 1.165) is 30.7 Å². The molecular formula is C18H23Cl3N4O-2. The summed E-state index contributed by atoms with van der Waals surface area (Å²) in [7, 11) is 0. The van der Waals surface area contributed by atoms with Crippen LogP contribution in [0.25, 0.3) is 11.0 Å². The van der Waals surface area contributed by atoms with Crippen LogP contribution >= 0.6 is 11.6 Å². The predicted molar refractivity (Wildman–Crippen MR) is 95.5 cm³/mol. The highest BCUT2D eigenvalue weighted by Crippen LogP contribution is 2.29. The van der Waals surface area contributed by atoms with Gasteiger partial charge in [0, 0.05) is 23.7 Å². The number of halogens is 3. The summed E-state index contributed by atoms with van der Waals surface area (Å²) in [5.74, 6) is 0.539. The van der Waals surface area contributed by atoms with Crippen LogP contribution in [0.3, 0.4) is 0 Å². The molecule has 0 radical (unpaired) electrons. The van der Waals surface area contributed by atoms with E-state index in [2.05, 4.69) is 29.0 Å². The lowest BCUT2D eigenvalue weighted by Crippen LogP contribution is -3.00. The number of carbonyl (C=O) groups is 1. The largest absolute Gasteiger partial charge is 1.00 e.